The van der Waals surface area contributed by atoms with Crippen molar-refractivity contribution < 1.29 is 4.79 Å². The smallest absolute Gasteiger partial charge is 0.224 e. The van der Waals surface area contributed by atoms with Crippen LogP contribution in [0.2, 0.25) is 0 Å². The molecule has 0 bridgehead atoms. The van der Waals surface area contributed by atoms with Gasteiger partial charge in [-0.3, -0.25) is 4.79 Å². The maximum absolute atomic E-state index is 11.6. The van der Waals surface area contributed by atoms with Gasteiger partial charge in [0.25, 0.3) is 0 Å². The van der Waals surface area contributed by atoms with Crippen molar-refractivity contribution in [1.82, 2.24) is 0 Å². The third-order valence-corrected chi connectivity index (χ3v) is 2.70. The standard InChI is InChI=1S/C14H22N2O/c1-2-3-4-5-6-7-14(17)16-13-10-8-12(15)9-11-13/h8-11H,2-7,15H2,1H3,(H,16,17). The Hall–Kier alpha value is -1.51. The van der Waals surface area contributed by atoms with Gasteiger partial charge in [-0.05, 0) is 30.7 Å². The molecule has 0 aromatic heterocycles. The minimum Gasteiger partial charge on any atom is -0.399 e. The average Bonchev–Trinajstić information content (AvgIpc) is 2.32. The SMILES string of the molecule is CCCCCCCC(=O)Nc1ccc(N)cc1. The van der Waals surface area contributed by atoms with Crippen LogP contribution in [0.15, 0.2) is 24.3 Å². The zero-order chi connectivity index (χ0) is 12.5. The van der Waals surface area contributed by atoms with E-state index in [0.717, 1.165) is 18.5 Å². The molecule has 3 N–H and O–H groups in total. The van der Waals surface area contributed by atoms with Gasteiger partial charge in [0.2, 0.25) is 5.91 Å². The highest BCUT2D eigenvalue weighted by atomic mass is 16.1. The first-order valence-electron chi connectivity index (χ1n) is 6.37. The number of rotatable bonds is 7. The number of anilines is 2. The molecule has 0 aliphatic heterocycles. The van der Waals surface area contributed by atoms with Crippen LogP contribution in [0.1, 0.15) is 45.4 Å². The van der Waals surface area contributed by atoms with Crippen molar-refractivity contribution in [3.05, 3.63) is 24.3 Å². The van der Waals surface area contributed by atoms with Gasteiger partial charge < -0.3 is 11.1 Å². The summed E-state index contributed by atoms with van der Waals surface area (Å²) in [7, 11) is 0. The number of nitrogens with two attached hydrogens (primary N) is 1. The lowest BCUT2D eigenvalue weighted by Crippen LogP contribution is -2.10. The highest BCUT2D eigenvalue weighted by molar-refractivity contribution is 5.90. The van der Waals surface area contributed by atoms with Gasteiger partial charge in [0.05, 0.1) is 0 Å². The van der Waals surface area contributed by atoms with E-state index < -0.39 is 0 Å². The van der Waals surface area contributed by atoms with Crippen LogP contribution < -0.4 is 11.1 Å². The van der Waals surface area contributed by atoms with Gasteiger partial charge >= 0.3 is 0 Å². The summed E-state index contributed by atoms with van der Waals surface area (Å²) in [5, 5.41) is 2.87. The first kappa shape index (κ1) is 13.6. The van der Waals surface area contributed by atoms with Gasteiger partial charge in [0.15, 0.2) is 0 Å². The summed E-state index contributed by atoms with van der Waals surface area (Å²) >= 11 is 0. The maximum atomic E-state index is 11.6. The fourth-order valence-corrected chi connectivity index (χ4v) is 1.68. The second-order valence-electron chi connectivity index (χ2n) is 4.33. The van der Waals surface area contributed by atoms with Gasteiger partial charge in [-0.1, -0.05) is 32.6 Å². The summed E-state index contributed by atoms with van der Waals surface area (Å²) in [6, 6.07) is 7.22. The van der Waals surface area contributed by atoms with Gasteiger partial charge in [-0.25, -0.2) is 0 Å². The Kier molecular flexibility index (Phi) is 6.15. The maximum Gasteiger partial charge on any atom is 0.224 e. The highest BCUT2D eigenvalue weighted by Gasteiger charge is 2.01. The molecule has 94 valence electrons. The fraction of sp³-hybridized carbons (Fsp3) is 0.500. The van der Waals surface area contributed by atoms with Crippen LogP contribution in [-0.4, -0.2) is 5.91 Å². The summed E-state index contributed by atoms with van der Waals surface area (Å²) in [4.78, 5) is 11.6. The predicted octanol–water partition coefficient (Wildman–Crippen LogP) is 3.57. The van der Waals surface area contributed by atoms with Gasteiger partial charge in [-0.2, -0.15) is 0 Å². The van der Waals surface area contributed by atoms with E-state index in [2.05, 4.69) is 12.2 Å². The summed E-state index contributed by atoms with van der Waals surface area (Å²) < 4.78 is 0. The minimum absolute atomic E-state index is 0.0891. The molecule has 0 aliphatic rings. The Morgan fingerprint density at radius 2 is 1.76 bits per heavy atom. The van der Waals surface area contributed by atoms with Crippen molar-refractivity contribution in [3.63, 3.8) is 0 Å². The zero-order valence-corrected chi connectivity index (χ0v) is 10.5. The van der Waals surface area contributed by atoms with Crippen molar-refractivity contribution in [2.75, 3.05) is 11.1 Å². The molecule has 0 heterocycles. The Balaban J connectivity index is 2.18. The topological polar surface area (TPSA) is 55.1 Å². The number of amides is 1. The number of nitrogen functional groups attached to an aromatic ring is 1. The first-order chi connectivity index (χ1) is 8.22. The third-order valence-electron chi connectivity index (χ3n) is 2.70. The Morgan fingerprint density at radius 1 is 1.12 bits per heavy atom. The molecule has 0 radical (unpaired) electrons. The molecule has 3 heteroatoms. The van der Waals surface area contributed by atoms with Gasteiger partial charge in [-0.15, -0.1) is 0 Å². The molecule has 0 aliphatic carbocycles. The van der Waals surface area contributed by atoms with Crippen LogP contribution in [0.25, 0.3) is 0 Å². The van der Waals surface area contributed by atoms with Crippen molar-refractivity contribution in [1.29, 1.82) is 0 Å². The van der Waals surface area contributed by atoms with Crippen molar-refractivity contribution in [3.8, 4) is 0 Å². The van der Waals surface area contributed by atoms with Gasteiger partial charge in [0, 0.05) is 17.8 Å². The van der Waals surface area contributed by atoms with E-state index in [0.29, 0.717) is 12.1 Å². The molecule has 0 spiro atoms. The van der Waals surface area contributed by atoms with E-state index in [1.807, 2.05) is 12.1 Å². The fourth-order valence-electron chi connectivity index (χ4n) is 1.68. The van der Waals surface area contributed by atoms with Crippen LogP contribution in [-0.2, 0) is 4.79 Å². The number of unbranched alkanes of at least 4 members (excludes halogenated alkanes) is 4. The summed E-state index contributed by atoms with van der Waals surface area (Å²) in [5.74, 6) is 0.0891. The quantitative estimate of drug-likeness (QED) is 0.559. The molecule has 17 heavy (non-hydrogen) atoms. The molecule has 0 fully saturated rings. The van der Waals surface area contributed by atoms with E-state index in [9.17, 15) is 4.79 Å². The zero-order valence-electron chi connectivity index (χ0n) is 10.5. The first-order valence-corrected chi connectivity index (χ1v) is 6.37. The molecular weight excluding hydrogens is 212 g/mol. The van der Waals surface area contributed by atoms with Gasteiger partial charge in [0.1, 0.15) is 0 Å². The minimum atomic E-state index is 0.0891. The van der Waals surface area contributed by atoms with Crippen LogP contribution in [0.5, 0.6) is 0 Å². The Bertz CT molecular complexity index is 333. The molecule has 0 saturated carbocycles. The van der Waals surface area contributed by atoms with Crippen molar-refractivity contribution in [2.45, 2.75) is 45.4 Å². The normalized spacial score (nSPS) is 10.2. The molecule has 1 aromatic rings. The average molecular weight is 234 g/mol. The van der Waals surface area contributed by atoms with Crippen LogP contribution >= 0.6 is 0 Å². The molecule has 1 rings (SSSR count). The second kappa shape index (κ2) is 7.71. The molecule has 1 amide bonds. The number of hydrogen-bond acceptors (Lipinski definition) is 2. The van der Waals surface area contributed by atoms with E-state index in [1.165, 1.54) is 19.3 Å². The van der Waals surface area contributed by atoms with Crippen LogP contribution in [0.3, 0.4) is 0 Å². The Labute approximate surface area is 103 Å². The predicted molar refractivity (Wildman–Crippen MR) is 72.9 cm³/mol. The molecule has 3 nitrogen and oxygen atoms in total. The van der Waals surface area contributed by atoms with Crippen LogP contribution in [0.4, 0.5) is 11.4 Å². The molecule has 0 saturated heterocycles. The largest absolute Gasteiger partial charge is 0.399 e. The number of benzene rings is 1. The number of nitrogens with one attached hydrogen (secondary N) is 1. The monoisotopic (exact) mass is 234 g/mol. The third kappa shape index (κ3) is 5.95. The molecule has 0 unspecified atom stereocenters. The molecule has 0 atom stereocenters. The number of hydrogen-bond donors (Lipinski definition) is 2. The van der Waals surface area contributed by atoms with Crippen molar-refractivity contribution >= 4 is 17.3 Å². The highest BCUT2D eigenvalue weighted by Crippen LogP contribution is 2.12. The lowest BCUT2D eigenvalue weighted by Gasteiger charge is -2.05. The number of carbonyl (C=O) groups is 1. The Morgan fingerprint density at radius 3 is 2.41 bits per heavy atom. The summed E-state index contributed by atoms with van der Waals surface area (Å²) in [6.45, 7) is 2.19. The summed E-state index contributed by atoms with van der Waals surface area (Å²) in [5.41, 5.74) is 7.10. The second-order valence-corrected chi connectivity index (χ2v) is 4.33. The van der Waals surface area contributed by atoms with E-state index >= 15 is 0 Å². The van der Waals surface area contributed by atoms with E-state index in [-0.39, 0.29) is 5.91 Å². The van der Waals surface area contributed by atoms with Crippen LogP contribution in [0, 0.1) is 0 Å². The lowest BCUT2D eigenvalue weighted by molar-refractivity contribution is -0.116. The molecule has 1 aromatic carbocycles. The van der Waals surface area contributed by atoms with E-state index in [4.69, 9.17) is 5.73 Å². The molecular formula is C14H22N2O. The van der Waals surface area contributed by atoms with Crippen molar-refractivity contribution in [2.24, 2.45) is 0 Å². The number of carbonyl (C=O) groups excluding carboxylic acids is 1. The van der Waals surface area contributed by atoms with E-state index in [1.54, 1.807) is 12.1 Å². The summed E-state index contributed by atoms with van der Waals surface area (Å²) in [6.07, 6.45) is 6.45. The lowest BCUT2D eigenvalue weighted by atomic mass is 10.1.